The number of fused-ring (bicyclic) bond motifs is 1. The second-order valence-corrected chi connectivity index (χ2v) is 6.59. The normalized spacial score (nSPS) is 14.9. The van der Waals surface area contributed by atoms with E-state index in [0.717, 1.165) is 30.4 Å². The predicted molar refractivity (Wildman–Crippen MR) is 112 cm³/mol. The number of nitrogens with one attached hydrogen (secondary N) is 1. The van der Waals surface area contributed by atoms with E-state index in [1.165, 1.54) is 19.2 Å². The first kappa shape index (κ1) is 22.3. The average molecular weight is 422 g/mol. The predicted octanol–water partition coefficient (Wildman–Crippen LogP) is 3.81. The lowest BCUT2D eigenvalue weighted by Gasteiger charge is -2.26. The molecule has 0 spiro atoms. The molecule has 0 saturated heterocycles. The van der Waals surface area contributed by atoms with E-state index >= 15 is 0 Å². The highest BCUT2D eigenvalue weighted by Gasteiger charge is 2.28. The molecule has 1 amide bonds. The van der Waals surface area contributed by atoms with Crippen LogP contribution in [0.1, 0.15) is 47.3 Å². The van der Waals surface area contributed by atoms with Crippen LogP contribution in [0.3, 0.4) is 0 Å². The van der Waals surface area contributed by atoms with Crippen molar-refractivity contribution in [2.75, 3.05) is 19.5 Å². The molecule has 3 rings (SSSR count). The second-order valence-electron chi connectivity index (χ2n) is 6.59. The number of nitrogens with two attached hydrogens (primary N) is 1. The Hall–Kier alpha value is -3.00. The summed E-state index contributed by atoms with van der Waals surface area (Å²) in [5.41, 5.74) is 8.24. The van der Waals surface area contributed by atoms with E-state index in [-0.39, 0.29) is 41.2 Å². The first-order valence-electron chi connectivity index (χ1n) is 9.13. The lowest BCUT2D eigenvalue weighted by Crippen LogP contribution is -2.31. The SMILES string of the molecule is CCOc1cc([N+](=O)[O-])c(C(=O)NC2CCCc3cc(N)ccc32)cc1OC.Cl. The molecule has 0 bridgehead atoms. The number of carbonyl (C=O) groups excluding carboxylic acids is 1. The third kappa shape index (κ3) is 4.71. The second kappa shape index (κ2) is 9.47. The van der Waals surface area contributed by atoms with Gasteiger partial charge >= 0.3 is 0 Å². The molecule has 9 heteroatoms. The van der Waals surface area contributed by atoms with E-state index in [1.807, 2.05) is 12.1 Å². The van der Waals surface area contributed by atoms with Crippen molar-refractivity contribution in [3.63, 3.8) is 0 Å². The fourth-order valence-corrected chi connectivity index (χ4v) is 3.53. The Kier molecular flexibility index (Phi) is 7.28. The number of nitrogens with zero attached hydrogens (tertiary/aromatic N) is 1. The van der Waals surface area contributed by atoms with Gasteiger partial charge in [0.25, 0.3) is 11.6 Å². The number of carbonyl (C=O) groups is 1. The molecule has 29 heavy (non-hydrogen) atoms. The molecule has 156 valence electrons. The summed E-state index contributed by atoms with van der Waals surface area (Å²) in [6, 6.07) is 7.97. The van der Waals surface area contributed by atoms with Crippen molar-refractivity contribution in [1.82, 2.24) is 5.32 Å². The van der Waals surface area contributed by atoms with Gasteiger partial charge in [-0.2, -0.15) is 0 Å². The summed E-state index contributed by atoms with van der Waals surface area (Å²) in [6.07, 6.45) is 2.55. The maximum absolute atomic E-state index is 12.9. The Balaban J connectivity index is 0.00000300. The minimum Gasteiger partial charge on any atom is -0.493 e. The molecule has 1 atom stereocenters. The molecule has 0 radical (unpaired) electrons. The Morgan fingerprint density at radius 2 is 2.07 bits per heavy atom. The van der Waals surface area contributed by atoms with Crippen LogP contribution in [0.5, 0.6) is 11.5 Å². The molecule has 2 aromatic carbocycles. The molecule has 2 aromatic rings. The van der Waals surface area contributed by atoms with E-state index in [4.69, 9.17) is 15.2 Å². The average Bonchev–Trinajstić information content (AvgIpc) is 2.67. The van der Waals surface area contributed by atoms with Crippen molar-refractivity contribution >= 4 is 29.7 Å². The maximum atomic E-state index is 12.9. The van der Waals surface area contributed by atoms with Crippen LogP contribution in [-0.4, -0.2) is 24.5 Å². The van der Waals surface area contributed by atoms with Crippen LogP contribution in [0.25, 0.3) is 0 Å². The van der Waals surface area contributed by atoms with Gasteiger partial charge in [0, 0.05) is 11.8 Å². The fraction of sp³-hybridized carbons (Fsp3) is 0.350. The number of benzene rings is 2. The summed E-state index contributed by atoms with van der Waals surface area (Å²) in [7, 11) is 1.42. The van der Waals surface area contributed by atoms with Crippen LogP contribution in [0.2, 0.25) is 0 Å². The van der Waals surface area contributed by atoms with Gasteiger partial charge in [0.15, 0.2) is 11.5 Å². The van der Waals surface area contributed by atoms with Crippen LogP contribution in [0.15, 0.2) is 30.3 Å². The lowest BCUT2D eigenvalue weighted by atomic mass is 9.87. The summed E-state index contributed by atoms with van der Waals surface area (Å²) in [5.74, 6) is -0.0242. The Bertz CT molecular complexity index is 919. The van der Waals surface area contributed by atoms with Gasteiger partial charge in [-0.25, -0.2) is 0 Å². The highest BCUT2D eigenvalue weighted by molar-refractivity contribution is 5.99. The van der Waals surface area contributed by atoms with Crippen LogP contribution >= 0.6 is 12.4 Å². The first-order valence-corrected chi connectivity index (χ1v) is 9.13. The zero-order valence-corrected chi connectivity index (χ0v) is 17.1. The number of nitro groups is 1. The summed E-state index contributed by atoms with van der Waals surface area (Å²) >= 11 is 0. The number of hydrogen-bond acceptors (Lipinski definition) is 6. The minimum atomic E-state index is -0.591. The highest BCUT2D eigenvalue weighted by atomic mass is 35.5. The number of rotatable bonds is 6. The molecule has 0 heterocycles. The van der Waals surface area contributed by atoms with Crippen molar-refractivity contribution in [3.05, 3.63) is 57.1 Å². The summed E-state index contributed by atoms with van der Waals surface area (Å²) in [4.78, 5) is 23.9. The number of methoxy groups -OCH3 is 1. The third-order valence-corrected chi connectivity index (χ3v) is 4.81. The van der Waals surface area contributed by atoms with Gasteiger partial charge < -0.3 is 20.5 Å². The summed E-state index contributed by atoms with van der Waals surface area (Å²) in [6.45, 7) is 2.08. The van der Waals surface area contributed by atoms with Gasteiger partial charge in [0.1, 0.15) is 5.56 Å². The number of nitro benzene ring substituents is 1. The number of anilines is 1. The van der Waals surface area contributed by atoms with Crippen molar-refractivity contribution in [3.8, 4) is 11.5 Å². The minimum absolute atomic E-state index is 0. The molecule has 1 aliphatic rings. The van der Waals surface area contributed by atoms with Gasteiger partial charge in [-0.1, -0.05) is 6.07 Å². The fourth-order valence-electron chi connectivity index (χ4n) is 3.53. The number of hydrogen-bond donors (Lipinski definition) is 2. The summed E-state index contributed by atoms with van der Waals surface area (Å²) in [5, 5.41) is 14.5. The highest BCUT2D eigenvalue weighted by Crippen LogP contribution is 2.36. The molecular formula is C20H24ClN3O5. The number of aryl methyl sites for hydroxylation is 1. The molecule has 8 nitrogen and oxygen atoms in total. The maximum Gasteiger partial charge on any atom is 0.286 e. The van der Waals surface area contributed by atoms with Crippen LogP contribution in [0, 0.1) is 10.1 Å². The lowest BCUT2D eigenvalue weighted by molar-refractivity contribution is -0.385. The van der Waals surface area contributed by atoms with Gasteiger partial charge in [-0.15, -0.1) is 12.4 Å². The quantitative estimate of drug-likeness (QED) is 0.416. The zero-order valence-electron chi connectivity index (χ0n) is 16.3. The Morgan fingerprint density at radius 3 is 2.72 bits per heavy atom. The van der Waals surface area contributed by atoms with Crippen molar-refractivity contribution in [2.45, 2.75) is 32.2 Å². The molecule has 0 aromatic heterocycles. The number of halogens is 1. The molecule has 0 aliphatic heterocycles. The Labute approximate surface area is 174 Å². The van der Waals surface area contributed by atoms with Gasteiger partial charge in [-0.05, 0) is 49.4 Å². The van der Waals surface area contributed by atoms with Crippen LogP contribution < -0.4 is 20.5 Å². The van der Waals surface area contributed by atoms with Crippen molar-refractivity contribution in [2.24, 2.45) is 0 Å². The van der Waals surface area contributed by atoms with E-state index < -0.39 is 10.8 Å². The van der Waals surface area contributed by atoms with Gasteiger partial charge in [0.05, 0.1) is 30.7 Å². The van der Waals surface area contributed by atoms with Crippen molar-refractivity contribution in [1.29, 1.82) is 0 Å². The monoisotopic (exact) mass is 421 g/mol. The zero-order chi connectivity index (χ0) is 20.3. The standard InChI is InChI=1S/C20H23N3O5.ClH/c1-3-28-19-11-17(23(25)26)15(10-18(19)27-2)20(24)22-16-6-4-5-12-9-13(21)7-8-14(12)16;/h7-11,16H,3-6,21H2,1-2H3,(H,22,24);1H. The number of ether oxygens (including phenoxy) is 2. The molecule has 1 unspecified atom stereocenters. The third-order valence-electron chi connectivity index (χ3n) is 4.81. The Morgan fingerprint density at radius 1 is 1.31 bits per heavy atom. The van der Waals surface area contributed by atoms with Gasteiger partial charge in [0.2, 0.25) is 0 Å². The van der Waals surface area contributed by atoms with E-state index in [2.05, 4.69) is 5.32 Å². The van der Waals surface area contributed by atoms with E-state index in [9.17, 15) is 14.9 Å². The first-order chi connectivity index (χ1) is 13.4. The van der Waals surface area contributed by atoms with Crippen LogP contribution in [0.4, 0.5) is 11.4 Å². The number of nitrogen functional groups attached to an aromatic ring is 1. The largest absolute Gasteiger partial charge is 0.493 e. The molecular weight excluding hydrogens is 398 g/mol. The van der Waals surface area contributed by atoms with Gasteiger partial charge in [-0.3, -0.25) is 14.9 Å². The smallest absolute Gasteiger partial charge is 0.286 e. The molecule has 0 saturated carbocycles. The number of amides is 1. The molecule has 3 N–H and O–H groups in total. The topological polar surface area (TPSA) is 117 Å². The summed E-state index contributed by atoms with van der Waals surface area (Å²) < 4.78 is 10.6. The van der Waals surface area contributed by atoms with E-state index in [0.29, 0.717) is 12.3 Å². The van der Waals surface area contributed by atoms with Crippen molar-refractivity contribution < 1.29 is 19.2 Å². The molecule has 1 aliphatic carbocycles. The van der Waals surface area contributed by atoms with Crippen LogP contribution in [-0.2, 0) is 6.42 Å². The van der Waals surface area contributed by atoms with E-state index in [1.54, 1.807) is 13.0 Å². The molecule has 0 fully saturated rings.